The number of halogens is 2. The molecule has 0 radical (unpaired) electrons. The van der Waals surface area contributed by atoms with Gasteiger partial charge in [-0.1, -0.05) is 193 Å². The topological polar surface area (TPSA) is 43.2 Å². The molecule has 0 N–H and O–H groups in total. The summed E-state index contributed by atoms with van der Waals surface area (Å²) in [6.07, 6.45) is 6.14. The molecule has 55 heavy (non-hydrogen) atoms. The van der Waals surface area contributed by atoms with E-state index in [1.807, 2.05) is 0 Å². The molecule has 0 fully saturated rings. The Kier molecular flexibility index (Phi) is 11.1. The number of alkyl halides is 2. The van der Waals surface area contributed by atoms with Crippen molar-refractivity contribution in [2.45, 2.75) is 80.9 Å². The fourth-order valence-corrected chi connectivity index (χ4v) is 9.15. The number of allylic oxidation sites excluding steroid dienone is 3. The quantitative estimate of drug-likeness (QED) is 0.131. The highest BCUT2D eigenvalue weighted by Gasteiger charge is 2.38. The first-order chi connectivity index (χ1) is 26.6. The van der Waals surface area contributed by atoms with Gasteiger partial charge in [-0.05, 0) is 79.5 Å². The summed E-state index contributed by atoms with van der Waals surface area (Å²) in [4.78, 5) is 10.9. The molecule has 0 spiro atoms. The molecule has 3 aliphatic rings. The minimum absolute atomic E-state index is 0.0841. The summed E-state index contributed by atoms with van der Waals surface area (Å²) in [5, 5.41) is 0. The monoisotopic (exact) mass is 852 g/mol. The lowest BCUT2D eigenvalue weighted by molar-refractivity contribution is 0.181. The van der Waals surface area contributed by atoms with Crippen LogP contribution in [0.25, 0.3) is 16.7 Å². The molecule has 2 aliphatic heterocycles. The molecule has 278 valence electrons. The van der Waals surface area contributed by atoms with Gasteiger partial charge < -0.3 is 9.47 Å². The molecule has 0 amide bonds. The summed E-state index contributed by atoms with van der Waals surface area (Å²) in [6, 6.07) is 43.3. The molecule has 0 aromatic heterocycles. The maximum absolute atomic E-state index is 6.82. The minimum Gasteiger partial charge on any atom is -0.470 e. The maximum atomic E-state index is 6.82. The standard InChI is InChI=1S/C49H46Br2N2O2/c1-30-10-5-15-35(20-30)37-17-9-14-34(24-37)25-43-48(38-18-7-12-32(3)22-38)54-45(52-43)29-46-53-44(49(55-46)39-19-8-13-33(4)23-39)28-41-26-40(27-42(50)47(41)51)36-16-6-11-31(2)21-36/h5-24,26-27,42-44,47-49H,25,28-29H2,1-4H3/t42?,43-,44-,47?,48?,49?/m1/s1. The van der Waals surface area contributed by atoms with Gasteiger partial charge in [0.15, 0.2) is 11.8 Å². The number of hydrogen-bond donors (Lipinski definition) is 0. The van der Waals surface area contributed by atoms with E-state index in [1.165, 1.54) is 55.7 Å². The van der Waals surface area contributed by atoms with E-state index in [1.54, 1.807) is 0 Å². The van der Waals surface area contributed by atoms with Crippen LogP contribution < -0.4 is 0 Å². The Morgan fingerprint density at radius 2 is 1.04 bits per heavy atom. The number of aryl methyl sites for hydroxylation is 4. The molecular weight excluding hydrogens is 808 g/mol. The van der Waals surface area contributed by atoms with Crippen LogP contribution in [-0.4, -0.2) is 33.5 Å². The second-order valence-electron chi connectivity index (χ2n) is 15.3. The average Bonchev–Trinajstić information content (AvgIpc) is 3.76. The van der Waals surface area contributed by atoms with Gasteiger partial charge in [0.25, 0.3) is 0 Å². The third-order valence-electron chi connectivity index (χ3n) is 10.7. The molecule has 0 bridgehead atoms. The number of ether oxygens (including phenoxy) is 2. The smallest absolute Gasteiger partial charge is 0.193 e. The fraction of sp³-hybridized carbons (Fsp3) is 0.265. The predicted octanol–water partition coefficient (Wildman–Crippen LogP) is 12.5. The Bertz CT molecular complexity index is 2340. The highest BCUT2D eigenvalue weighted by Crippen LogP contribution is 2.41. The van der Waals surface area contributed by atoms with E-state index >= 15 is 0 Å². The van der Waals surface area contributed by atoms with E-state index in [0.717, 1.165) is 24.0 Å². The van der Waals surface area contributed by atoms with Gasteiger partial charge in [0, 0.05) is 4.83 Å². The zero-order chi connectivity index (χ0) is 38.1. The van der Waals surface area contributed by atoms with Gasteiger partial charge in [0.2, 0.25) is 0 Å². The third kappa shape index (κ3) is 8.66. The molecule has 6 heteroatoms. The molecule has 5 aromatic carbocycles. The van der Waals surface area contributed by atoms with Crippen LogP contribution in [0.1, 0.15) is 69.6 Å². The van der Waals surface area contributed by atoms with E-state index in [9.17, 15) is 0 Å². The van der Waals surface area contributed by atoms with Crippen LogP contribution in [0.15, 0.2) is 149 Å². The first-order valence-electron chi connectivity index (χ1n) is 19.2. The number of aliphatic imine (C=N–C) groups is 2. The van der Waals surface area contributed by atoms with Gasteiger partial charge in [0.1, 0.15) is 12.2 Å². The van der Waals surface area contributed by atoms with Crippen LogP contribution in [0.3, 0.4) is 0 Å². The van der Waals surface area contributed by atoms with Crippen molar-refractivity contribution in [2.75, 3.05) is 0 Å². The zero-order valence-electron chi connectivity index (χ0n) is 31.8. The van der Waals surface area contributed by atoms with Gasteiger partial charge in [-0.25, -0.2) is 9.98 Å². The largest absolute Gasteiger partial charge is 0.470 e. The third-order valence-corrected chi connectivity index (χ3v) is 13.4. The molecule has 2 heterocycles. The van der Waals surface area contributed by atoms with Gasteiger partial charge in [-0.3, -0.25) is 0 Å². The Morgan fingerprint density at radius 3 is 1.62 bits per heavy atom. The number of hydrogen-bond acceptors (Lipinski definition) is 4. The number of benzene rings is 5. The predicted molar refractivity (Wildman–Crippen MR) is 235 cm³/mol. The van der Waals surface area contributed by atoms with Gasteiger partial charge in [0.05, 0.1) is 23.3 Å². The first kappa shape index (κ1) is 37.4. The summed E-state index contributed by atoms with van der Waals surface area (Å²) in [7, 11) is 0. The van der Waals surface area contributed by atoms with Crippen LogP contribution in [0.4, 0.5) is 0 Å². The second-order valence-corrected chi connectivity index (χ2v) is 17.3. The first-order valence-corrected chi connectivity index (χ1v) is 21.0. The van der Waals surface area contributed by atoms with Crippen molar-refractivity contribution >= 4 is 49.2 Å². The molecule has 4 nitrogen and oxygen atoms in total. The molecule has 0 saturated carbocycles. The minimum atomic E-state index is -0.215. The van der Waals surface area contributed by atoms with E-state index in [0.29, 0.717) is 18.2 Å². The van der Waals surface area contributed by atoms with Crippen LogP contribution >= 0.6 is 31.9 Å². The lowest BCUT2D eigenvalue weighted by Crippen LogP contribution is -2.23. The molecule has 0 saturated heterocycles. The summed E-state index contributed by atoms with van der Waals surface area (Å²) in [5.41, 5.74) is 14.6. The van der Waals surface area contributed by atoms with Gasteiger partial charge in [-0.2, -0.15) is 0 Å². The molecular formula is C49H46Br2N2O2. The summed E-state index contributed by atoms with van der Waals surface area (Å²) in [6.45, 7) is 8.54. The maximum Gasteiger partial charge on any atom is 0.193 e. The van der Waals surface area contributed by atoms with Crippen molar-refractivity contribution in [3.05, 3.63) is 184 Å². The SMILES string of the molecule is Cc1cccc(C2=CC(Br)C(Br)C(C[C@H]3N=C(CC4=N[C@H](Cc5cccc(-c6cccc(C)c6)c5)C(c5cccc(C)c5)O4)OC3c3cccc(C)c3)=C2)c1. The van der Waals surface area contributed by atoms with Crippen molar-refractivity contribution in [1.29, 1.82) is 0 Å². The summed E-state index contributed by atoms with van der Waals surface area (Å²) in [5.74, 6) is 1.35. The molecule has 4 unspecified atom stereocenters. The second kappa shape index (κ2) is 16.3. The van der Waals surface area contributed by atoms with Crippen molar-refractivity contribution in [3.63, 3.8) is 0 Å². The Morgan fingerprint density at radius 1 is 0.545 bits per heavy atom. The van der Waals surface area contributed by atoms with E-state index in [4.69, 9.17) is 19.5 Å². The Hall–Kier alpha value is -4.52. The fourth-order valence-electron chi connectivity index (χ4n) is 8.05. The van der Waals surface area contributed by atoms with Crippen molar-refractivity contribution in [3.8, 4) is 11.1 Å². The highest BCUT2D eigenvalue weighted by atomic mass is 79.9. The van der Waals surface area contributed by atoms with Crippen molar-refractivity contribution in [2.24, 2.45) is 9.98 Å². The molecule has 1 aliphatic carbocycles. The highest BCUT2D eigenvalue weighted by molar-refractivity contribution is 9.12. The number of nitrogens with zero attached hydrogens (tertiary/aromatic N) is 2. The number of rotatable bonds is 10. The lowest BCUT2D eigenvalue weighted by Gasteiger charge is -2.27. The van der Waals surface area contributed by atoms with Gasteiger partial charge >= 0.3 is 0 Å². The Balaban J connectivity index is 1.08. The lowest BCUT2D eigenvalue weighted by atomic mass is 9.88. The van der Waals surface area contributed by atoms with Crippen LogP contribution in [0, 0.1) is 27.7 Å². The zero-order valence-corrected chi connectivity index (χ0v) is 34.9. The van der Waals surface area contributed by atoms with Crippen molar-refractivity contribution in [1.82, 2.24) is 0 Å². The van der Waals surface area contributed by atoms with Crippen LogP contribution in [0.2, 0.25) is 0 Å². The van der Waals surface area contributed by atoms with Crippen LogP contribution in [0.5, 0.6) is 0 Å². The van der Waals surface area contributed by atoms with Gasteiger partial charge in [-0.15, -0.1) is 0 Å². The van der Waals surface area contributed by atoms with Crippen molar-refractivity contribution < 1.29 is 9.47 Å². The molecule has 6 atom stereocenters. The van der Waals surface area contributed by atoms with Crippen LogP contribution in [-0.2, 0) is 15.9 Å². The molecule has 8 rings (SSSR count). The Labute approximate surface area is 342 Å². The van der Waals surface area contributed by atoms with E-state index in [2.05, 4.69) is 193 Å². The molecule has 5 aromatic rings. The van der Waals surface area contributed by atoms with E-state index in [-0.39, 0.29) is 33.9 Å². The normalized spacial score (nSPS) is 23.3. The van der Waals surface area contributed by atoms with E-state index < -0.39 is 0 Å². The summed E-state index contributed by atoms with van der Waals surface area (Å²) < 4.78 is 13.6. The summed E-state index contributed by atoms with van der Waals surface area (Å²) >= 11 is 7.97. The average molecular weight is 855 g/mol.